The number of rotatable bonds is 5. The van der Waals surface area contributed by atoms with Gasteiger partial charge in [0.25, 0.3) is 0 Å². The lowest BCUT2D eigenvalue weighted by atomic mass is 10.1. The molecule has 112 valence electrons. The Kier molecular flexibility index (Phi) is 5.15. The predicted octanol–water partition coefficient (Wildman–Crippen LogP) is 4.06. The molecule has 0 fully saturated rings. The number of ether oxygens (including phenoxy) is 2. The van der Waals surface area contributed by atoms with Gasteiger partial charge in [-0.3, -0.25) is 4.79 Å². The molecule has 1 aromatic rings. The summed E-state index contributed by atoms with van der Waals surface area (Å²) < 4.78 is 68.1. The van der Waals surface area contributed by atoms with E-state index in [1.807, 2.05) is 0 Å². The Labute approximate surface area is 115 Å². The molecule has 0 aliphatic rings. The van der Waals surface area contributed by atoms with Gasteiger partial charge in [0, 0.05) is 0 Å². The van der Waals surface area contributed by atoms with Gasteiger partial charge in [-0.15, -0.1) is 24.8 Å². The van der Waals surface area contributed by atoms with Crippen LogP contribution in [0.4, 0.5) is 22.0 Å². The van der Waals surface area contributed by atoms with Crippen LogP contribution in [0.3, 0.4) is 0 Å². The Morgan fingerprint density at radius 1 is 1.25 bits per heavy atom. The van der Waals surface area contributed by atoms with Crippen LogP contribution in [0.15, 0.2) is 18.2 Å². The number of carbonyl (C=O) groups excluding carboxylic acids is 1. The first-order valence-corrected chi connectivity index (χ1v) is 5.53. The molecule has 0 saturated heterocycles. The van der Waals surface area contributed by atoms with Crippen molar-refractivity contribution in [3.05, 3.63) is 23.8 Å². The van der Waals surface area contributed by atoms with Crippen molar-refractivity contribution in [1.29, 1.82) is 0 Å². The number of alkyl halides is 6. The molecule has 1 atom stereocenters. The first kappa shape index (κ1) is 16.5. The average Bonchev–Trinajstić information content (AvgIpc) is 2.27. The number of Topliss-reactive ketones (excluding diaryl/α,β-unsaturated/α-hetero) is 1. The van der Waals surface area contributed by atoms with Gasteiger partial charge in [-0.05, 0) is 24.6 Å². The van der Waals surface area contributed by atoms with Gasteiger partial charge in [0.2, 0.25) is 0 Å². The maximum absolute atomic E-state index is 12.2. The van der Waals surface area contributed by atoms with E-state index >= 15 is 0 Å². The monoisotopic (exact) mass is 318 g/mol. The molecule has 0 aromatic heterocycles. The fourth-order valence-electron chi connectivity index (χ4n) is 1.31. The van der Waals surface area contributed by atoms with Crippen LogP contribution in [0.5, 0.6) is 11.5 Å². The molecule has 20 heavy (non-hydrogen) atoms. The molecule has 1 unspecified atom stereocenters. The van der Waals surface area contributed by atoms with Crippen LogP contribution in [-0.4, -0.2) is 18.8 Å². The highest BCUT2D eigenvalue weighted by Gasteiger charge is 2.33. The average molecular weight is 319 g/mol. The molecule has 0 amide bonds. The lowest BCUT2D eigenvalue weighted by Gasteiger charge is -2.15. The van der Waals surface area contributed by atoms with Crippen LogP contribution < -0.4 is 9.47 Å². The molecular weight excluding hydrogens is 311 g/mol. The Bertz CT molecular complexity index is 489. The summed E-state index contributed by atoms with van der Waals surface area (Å²) in [5.74, 6) is -2.31. The number of benzene rings is 1. The highest BCUT2D eigenvalue weighted by atomic mass is 35.5. The van der Waals surface area contributed by atoms with Gasteiger partial charge in [0.15, 0.2) is 17.3 Å². The fourth-order valence-corrected chi connectivity index (χ4v) is 1.45. The fraction of sp³-hybridized carbons (Fsp3) is 0.364. The Hall–Kier alpha value is -1.57. The van der Waals surface area contributed by atoms with Crippen LogP contribution in [0, 0.1) is 0 Å². The zero-order valence-electron chi connectivity index (χ0n) is 9.88. The molecule has 0 aliphatic heterocycles. The summed E-state index contributed by atoms with van der Waals surface area (Å²) in [6.07, 6.45) is -5.07. The van der Waals surface area contributed by atoms with E-state index in [9.17, 15) is 26.7 Å². The van der Waals surface area contributed by atoms with Crippen molar-refractivity contribution < 1.29 is 36.2 Å². The van der Waals surface area contributed by atoms with Crippen molar-refractivity contribution in [2.24, 2.45) is 0 Å². The summed E-state index contributed by atoms with van der Waals surface area (Å²) in [5, 5.41) is -1.19. The minimum atomic E-state index is -5.07. The van der Waals surface area contributed by atoms with Gasteiger partial charge in [-0.1, -0.05) is 6.07 Å². The quantitative estimate of drug-likeness (QED) is 0.607. The maximum atomic E-state index is 12.2. The summed E-state index contributed by atoms with van der Waals surface area (Å²) in [5.41, 5.74) is 0.0179. The molecule has 0 heterocycles. The summed E-state index contributed by atoms with van der Waals surface area (Å²) >= 11 is 5.68. The summed E-state index contributed by atoms with van der Waals surface area (Å²) in [7, 11) is 0. The van der Waals surface area contributed by atoms with Crippen LogP contribution in [0.1, 0.15) is 17.9 Å². The van der Waals surface area contributed by atoms with Crippen molar-refractivity contribution in [2.45, 2.75) is 25.3 Å². The molecule has 1 rings (SSSR count). The smallest absolute Gasteiger partial charge is 0.431 e. The van der Waals surface area contributed by atoms with E-state index in [-0.39, 0.29) is 5.56 Å². The van der Waals surface area contributed by atoms with Gasteiger partial charge in [-0.25, -0.2) is 0 Å². The highest BCUT2D eigenvalue weighted by molar-refractivity contribution is 6.30. The second-order valence-electron chi connectivity index (χ2n) is 3.61. The van der Waals surface area contributed by atoms with E-state index in [0.29, 0.717) is 0 Å². The Morgan fingerprint density at radius 2 is 1.85 bits per heavy atom. The SMILES string of the molecule is CC(=O)C(Cl)c1ccc(OC(F)(F)F)c(OC(F)F)c1. The maximum Gasteiger partial charge on any atom is 0.573 e. The lowest BCUT2D eigenvalue weighted by molar-refractivity contribution is -0.275. The third kappa shape index (κ3) is 4.84. The minimum Gasteiger partial charge on any atom is -0.431 e. The number of hydrogen-bond donors (Lipinski definition) is 0. The lowest BCUT2D eigenvalue weighted by Crippen LogP contribution is -2.18. The van der Waals surface area contributed by atoms with Gasteiger partial charge in [0.1, 0.15) is 5.38 Å². The first-order valence-electron chi connectivity index (χ1n) is 5.09. The van der Waals surface area contributed by atoms with E-state index in [4.69, 9.17) is 11.6 Å². The summed E-state index contributed by atoms with van der Waals surface area (Å²) in [4.78, 5) is 11.1. The number of hydrogen-bond acceptors (Lipinski definition) is 3. The molecule has 0 saturated carbocycles. The Balaban J connectivity index is 3.15. The van der Waals surface area contributed by atoms with E-state index in [1.165, 1.54) is 0 Å². The third-order valence-corrected chi connectivity index (χ3v) is 2.62. The molecule has 0 radical (unpaired) electrons. The first-order chi connectivity index (χ1) is 9.10. The molecular formula is C11H8ClF5O3. The molecule has 1 aromatic carbocycles. The second-order valence-corrected chi connectivity index (χ2v) is 4.04. The van der Waals surface area contributed by atoms with Crippen LogP contribution >= 0.6 is 11.6 Å². The number of ketones is 1. The molecule has 0 aliphatic carbocycles. The van der Waals surface area contributed by atoms with Crippen molar-refractivity contribution in [2.75, 3.05) is 0 Å². The van der Waals surface area contributed by atoms with Gasteiger partial charge >= 0.3 is 13.0 Å². The zero-order valence-corrected chi connectivity index (χ0v) is 10.6. The zero-order chi connectivity index (χ0) is 15.5. The van der Waals surface area contributed by atoms with Crippen molar-refractivity contribution in [1.82, 2.24) is 0 Å². The molecule has 0 N–H and O–H groups in total. The standard InChI is InChI=1S/C11H8ClF5O3/c1-5(18)9(12)6-2-3-7(20-11(15,16)17)8(4-6)19-10(13)14/h2-4,9-10H,1H3. The largest absolute Gasteiger partial charge is 0.573 e. The van der Waals surface area contributed by atoms with E-state index in [1.54, 1.807) is 0 Å². The third-order valence-electron chi connectivity index (χ3n) is 2.06. The topological polar surface area (TPSA) is 35.5 Å². The minimum absolute atomic E-state index is 0.0179. The molecule has 9 heteroatoms. The number of halogens is 6. The normalized spacial score (nSPS) is 13.2. The van der Waals surface area contributed by atoms with Crippen molar-refractivity contribution >= 4 is 17.4 Å². The van der Waals surface area contributed by atoms with E-state index < -0.39 is 35.6 Å². The van der Waals surface area contributed by atoms with Gasteiger partial charge in [0.05, 0.1) is 0 Å². The predicted molar refractivity (Wildman–Crippen MR) is 59.0 cm³/mol. The number of carbonyl (C=O) groups is 1. The molecule has 3 nitrogen and oxygen atoms in total. The Morgan fingerprint density at radius 3 is 2.30 bits per heavy atom. The van der Waals surface area contributed by atoms with Crippen LogP contribution in [-0.2, 0) is 4.79 Å². The molecule has 0 spiro atoms. The van der Waals surface area contributed by atoms with Crippen LogP contribution in [0.25, 0.3) is 0 Å². The molecule has 0 bridgehead atoms. The van der Waals surface area contributed by atoms with Crippen molar-refractivity contribution in [3.63, 3.8) is 0 Å². The van der Waals surface area contributed by atoms with Crippen molar-refractivity contribution in [3.8, 4) is 11.5 Å². The van der Waals surface area contributed by atoms with E-state index in [2.05, 4.69) is 9.47 Å². The van der Waals surface area contributed by atoms with Crippen LogP contribution in [0.2, 0.25) is 0 Å². The highest BCUT2D eigenvalue weighted by Crippen LogP contribution is 2.36. The second kappa shape index (κ2) is 6.25. The summed E-state index contributed by atoms with van der Waals surface area (Å²) in [6.45, 7) is -2.21. The van der Waals surface area contributed by atoms with E-state index in [0.717, 1.165) is 25.1 Å². The van der Waals surface area contributed by atoms with Gasteiger partial charge < -0.3 is 9.47 Å². The van der Waals surface area contributed by atoms with Gasteiger partial charge in [-0.2, -0.15) is 8.78 Å². The summed E-state index contributed by atoms with van der Waals surface area (Å²) in [6, 6.07) is 2.60.